The number of hydrogen-bond donors (Lipinski definition) is 0. The summed E-state index contributed by atoms with van der Waals surface area (Å²) in [5, 5.41) is 0. The standard InChI is InChI=1S/C10H21NO3/c1-5-11(6-2)7-9(3)10(12)14-8-13-4/h9H,5-8H2,1-4H3. The minimum absolute atomic E-state index is 0.0431. The first-order chi connectivity index (χ1) is 6.65. The molecule has 84 valence electrons. The van der Waals surface area contributed by atoms with Crippen LogP contribution in [0.3, 0.4) is 0 Å². The molecule has 0 aromatic carbocycles. The van der Waals surface area contributed by atoms with Gasteiger partial charge in [0, 0.05) is 13.7 Å². The molecule has 4 nitrogen and oxygen atoms in total. The minimum atomic E-state index is -0.196. The molecule has 4 heteroatoms. The lowest BCUT2D eigenvalue weighted by atomic mass is 10.1. The lowest BCUT2D eigenvalue weighted by Crippen LogP contribution is -2.32. The molecular formula is C10H21NO3. The van der Waals surface area contributed by atoms with Crippen LogP contribution in [0.2, 0.25) is 0 Å². The van der Waals surface area contributed by atoms with Gasteiger partial charge >= 0.3 is 5.97 Å². The Morgan fingerprint density at radius 2 is 1.93 bits per heavy atom. The first-order valence-electron chi connectivity index (χ1n) is 5.03. The van der Waals surface area contributed by atoms with Crippen LogP contribution in [0.5, 0.6) is 0 Å². The van der Waals surface area contributed by atoms with Gasteiger partial charge in [-0.05, 0) is 13.1 Å². The van der Waals surface area contributed by atoms with E-state index >= 15 is 0 Å². The zero-order valence-electron chi connectivity index (χ0n) is 9.58. The van der Waals surface area contributed by atoms with E-state index in [0.29, 0.717) is 0 Å². The number of carbonyl (C=O) groups excluding carboxylic acids is 1. The summed E-state index contributed by atoms with van der Waals surface area (Å²) in [6, 6.07) is 0. The smallest absolute Gasteiger partial charge is 0.312 e. The van der Waals surface area contributed by atoms with Gasteiger partial charge in [0.15, 0.2) is 6.79 Å². The van der Waals surface area contributed by atoms with Crippen molar-refractivity contribution in [3.05, 3.63) is 0 Å². The van der Waals surface area contributed by atoms with Crippen LogP contribution in [0.4, 0.5) is 0 Å². The second-order valence-electron chi connectivity index (χ2n) is 3.26. The molecule has 0 heterocycles. The maximum atomic E-state index is 11.3. The molecule has 0 amide bonds. The van der Waals surface area contributed by atoms with Gasteiger partial charge in [-0.25, -0.2) is 0 Å². The van der Waals surface area contributed by atoms with E-state index in [0.717, 1.165) is 19.6 Å². The summed E-state index contributed by atoms with van der Waals surface area (Å²) in [5.74, 6) is -0.288. The van der Waals surface area contributed by atoms with Crippen LogP contribution < -0.4 is 0 Å². The largest absolute Gasteiger partial charge is 0.438 e. The molecule has 0 radical (unpaired) electrons. The van der Waals surface area contributed by atoms with Crippen molar-refractivity contribution in [1.82, 2.24) is 4.90 Å². The summed E-state index contributed by atoms with van der Waals surface area (Å²) in [4.78, 5) is 13.5. The van der Waals surface area contributed by atoms with Crippen LogP contribution in [0.1, 0.15) is 20.8 Å². The summed E-state index contributed by atoms with van der Waals surface area (Å²) >= 11 is 0. The van der Waals surface area contributed by atoms with Crippen molar-refractivity contribution in [2.45, 2.75) is 20.8 Å². The van der Waals surface area contributed by atoms with Gasteiger partial charge in [-0.15, -0.1) is 0 Å². The van der Waals surface area contributed by atoms with Gasteiger partial charge in [0.2, 0.25) is 0 Å². The molecule has 1 atom stereocenters. The Labute approximate surface area is 86.2 Å². The average Bonchev–Trinajstić information content (AvgIpc) is 2.21. The van der Waals surface area contributed by atoms with Gasteiger partial charge in [0.25, 0.3) is 0 Å². The highest BCUT2D eigenvalue weighted by atomic mass is 16.7. The summed E-state index contributed by atoms with van der Waals surface area (Å²) < 4.78 is 9.52. The Morgan fingerprint density at radius 3 is 2.36 bits per heavy atom. The molecule has 0 fully saturated rings. The summed E-state index contributed by atoms with van der Waals surface area (Å²) in [7, 11) is 1.50. The molecule has 0 aromatic heterocycles. The van der Waals surface area contributed by atoms with Crippen molar-refractivity contribution < 1.29 is 14.3 Å². The number of nitrogens with zero attached hydrogens (tertiary/aromatic N) is 1. The van der Waals surface area contributed by atoms with Crippen LogP contribution in [-0.2, 0) is 14.3 Å². The summed E-state index contributed by atoms with van der Waals surface area (Å²) in [5.41, 5.74) is 0. The van der Waals surface area contributed by atoms with Gasteiger partial charge in [-0.1, -0.05) is 20.8 Å². The first kappa shape index (κ1) is 13.4. The quantitative estimate of drug-likeness (QED) is 0.459. The molecule has 0 N–H and O–H groups in total. The van der Waals surface area contributed by atoms with E-state index < -0.39 is 0 Å². The SMILES string of the molecule is CCN(CC)CC(C)C(=O)OCOC. The molecule has 0 saturated carbocycles. The second-order valence-corrected chi connectivity index (χ2v) is 3.26. The number of methoxy groups -OCH3 is 1. The van der Waals surface area contributed by atoms with Crippen LogP contribution in [0.25, 0.3) is 0 Å². The second kappa shape index (κ2) is 7.76. The molecule has 0 saturated heterocycles. The van der Waals surface area contributed by atoms with Crippen molar-refractivity contribution in [3.8, 4) is 0 Å². The Balaban J connectivity index is 3.81. The highest BCUT2D eigenvalue weighted by molar-refractivity contribution is 5.72. The van der Waals surface area contributed by atoms with Crippen LogP contribution >= 0.6 is 0 Å². The van der Waals surface area contributed by atoms with E-state index in [4.69, 9.17) is 4.74 Å². The maximum absolute atomic E-state index is 11.3. The zero-order valence-corrected chi connectivity index (χ0v) is 9.58. The molecule has 0 aliphatic carbocycles. The summed E-state index contributed by atoms with van der Waals surface area (Å²) in [6.07, 6.45) is 0. The number of ether oxygens (including phenoxy) is 2. The Bertz CT molecular complexity index is 157. The Hall–Kier alpha value is -0.610. The Morgan fingerprint density at radius 1 is 1.36 bits per heavy atom. The first-order valence-corrected chi connectivity index (χ1v) is 5.03. The third-order valence-electron chi connectivity index (χ3n) is 2.15. The highest BCUT2D eigenvalue weighted by Gasteiger charge is 2.16. The average molecular weight is 203 g/mol. The van der Waals surface area contributed by atoms with E-state index in [1.165, 1.54) is 7.11 Å². The molecule has 0 bridgehead atoms. The van der Waals surface area contributed by atoms with Crippen molar-refractivity contribution >= 4 is 5.97 Å². The van der Waals surface area contributed by atoms with Crippen molar-refractivity contribution in [3.63, 3.8) is 0 Å². The molecule has 0 aromatic rings. The van der Waals surface area contributed by atoms with Crippen molar-refractivity contribution in [2.75, 3.05) is 33.5 Å². The Kier molecular flexibility index (Phi) is 7.42. The third kappa shape index (κ3) is 5.19. The fourth-order valence-electron chi connectivity index (χ4n) is 1.20. The minimum Gasteiger partial charge on any atom is -0.438 e. The fraction of sp³-hybridized carbons (Fsp3) is 0.900. The maximum Gasteiger partial charge on any atom is 0.312 e. The fourth-order valence-corrected chi connectivity index (χ4v) is 1.20. The molecule has 0 aliphatic heterocycles. The van der Waals surface area contributed by atoms with E-state index in [1.807, 2.05) is 6.92 Å². The third-order valence-corrected chi connectivity index (χ3v) is 2.15. The molecule has 0 aliphatic rings. The van der Waals surface area contributed by atoms with Gasteiger partial charge in [-0.2, -0.15) is 0 Å². The lowest BCUT2D eigenvalue weighted by Gasteiger charge is -2.21. The molecule has 0 spiro atoms. The van der Waals surface area contributed by atoms with Gasteiger partial charge in [0.1, 0.15) is 0 Å². The molecular weight excluding hydrogens is 182 g/mol. The van der Waals surface area contributed by atoms with E-state index in [-0.39, 0.29) is 18.7 Å². The normalized spacial score (nSPS) is 12.9. The topological polar surface area (TPSA) is 38.8 Å². The summed E-state index contributed by atoms with van der Waals surface area (Å²) in [6.45, 7) is 8.73. The van der Waals surface area contributed by atoms with Gasteiger partial charge in [0.05, 0.1) is 5.92 Å². The number of rotatable bonds is 7. The zero-order chi connectivity index (χ0) is 11.0. The number of hydrogen-bond acceptors (Lipinski definition) is 4. The van der Waals surface area contributed by atoms with E-state index in [2.05, 4.69) is 23.5 Å². The predicted octanol–water partition coefficient (Wildman–Crippen LogP) is 1.11. The lowest BCUT2D eigenvalue weighted by molar-refractivity contribution is -0.159. The monoisotopic (exact) mass is 203 g/mol. The number of carbonyl (C=O) groups is 1. The van der Waals surface area contributed by atoms with E-state index in [9.17, 15) is 4.79 Å². The van der Waals surface area contributed by atoms with Crippen LogP contribution in [-0.4, -0.2) is 44.4 Å². The highest BCUT2D eigenvalue weighted by Crippen LogP contribution is 2.02. The van der Waals surface area contributed by atoms with Gasteiger partial charge < -0.3 is 14.4 Å². The number of esters is 1. The van der Waals surface area contributed by atoms with Gasteiger partial charge in [-0.3, -0.25) is 4.79 Å². The predicted molar refractivity (Wildman–Crippen MR) is 54.9 cm³/mol. The van der Waals surface area contributed by atoms with Crippen molar-refractivity contribution in [1.29, 1.82) is 0 Å². The van der Waals surface area contributed by atoms with E-state index in [1.54, 1.807) is 0 Å². The molecule has 0 rings (SSSR count). The van der Waals surface area contributed by atoms with Crippen molar-refractivity contribution in [2.24, 2.45) is 5.92 Å². The molecule has 14 heavy (non-hydrogen) atoms. The molecule has 1 unspecified atom stereocenters. The van der Waals surface area contributed by atoms with Crippen LogP contribution in [0, 0.1) is 5.92 Å². The van der Waals surface area contributed by atoms with Crippen LogP contribution in [0.15, 0.2) is 0 Å².